The minimum absolute atomic E-state index is 0.0265. The first-order chi connectivity index (χ1) is 10.8. The van der Waals surface area contributed by atoms with Crippen LogP contribution in [0, 0.1) is 12.8 Å². The van der Waals surface area contributed by atoms with Crippen LogP contribution in [0.15, 0.2) is 0 Å². The fourth-order valence-corrected chi connectivity index (χ4v) is 3.55. The molecular weight excluding hydrogens is 292 g/mol. The number of carbonyl (C=O) groups is 1. The molecule has 6 nitrogen and oxygen atoms in total. The molecule has 1 spiro atoms. The summed E-state index contributed by atoms with van der Waals surface area (Å²) in [7, 11) is 3.91. The summed E-state index contributed by atoms with van der Waals surface area (Å²) in [6.45, 7) is 8.59. The second-order valence-electron chi connectivity index (χ2n) is 7.27. The molecule has 0 saturated carbocycles. The zero-order valence-corrected chi connectivity index (χ0v) is 14.7. The number of anilines is 1. The number of hydrogen-bond acceptors (Lipinski definition) is 5. The second-order valence-corrected chi connectivity index (χ2v) is 7.27. The number of aromatic nitrogens is 2. The smallest absolute Gasteiger partial charge is 0.225 e. The van der Waals surface area contributed by atoms with E-state index in [1.54, 1.807) is 0 Å². The average molecular weight is 318 g/mol. The summed E-state index contributed by atoms with van der Waals surface area (Å²) >= 11 is 0. The Kier molecular flexibility index (Phi) is 4.04. The van der Waals surface area contributed by atoms with Crippen molar-refractivity contribution in [2.75, 3.05) is 38.7 Å². The van der Waals surface area contributed by atoms with Crippen LogP contribution in [0.1, 0.15) is 37.2 Å². The lowest BCUT2D eigenvalue weighted by molar-refractivity contribution is -0.133. The van der Waals surface area contributed by atoms with Gasteiger partial charge in [0.2, 0.25) is 11.9 Å². The van der Waals surface area contributed by atoms with Crippen LogP contribution in [0.2, 0.25) is 0 Å². The molecule has 0 unspecified atom stereocenters. The number of nitrogens with zero attached hydrogens (tertiary/aromatic N) is 4. The Hall–Kier alpha value is -1.69. The minimum atomic E-state index is -0.184. The zero-order chi connectivity index (χ0) is 16.8. The van der Waals surface area contributed by atoms with E-state index in [-0.39, 0.29) is 17.2 Å². The summed E-state index contributed by atoms with van der Waals surface area (Å²) in [5, 5.41) is 0. The van der Waals surface area contributed by atoms with Crippen molar-refractivity contribution >= 4 is 11.9 Å². The van der Waals surface area contributed by atoms with Gasteiger partial charge in [-0.15, -0.1) is 0 Å². The van der Waals surface area contributed by atoms with Gasteiger partial charge in [0.15, 0.2) is 0 Å². The van der Waals surface area contributed by atoms with E-state index in [2.05, 4.69) is 4.98 Å². The zero-order valence-electron chi connectivity index (χ0n) is 14.7. The van der Waals surface area contributed by atoms with Gasteiger partial charge in [-0.2, -0.15) is 0 Å². The molecule has 3 heterocycles. The van der Waals surface area contributed by atoms with Crippen LogP contribution < -0.4 is 4.90 Å². The number of carbonyl (C=O) groups excluding carboxylic acids is 1. The summed E-state index contributed by atoms with van der Waals surface area (Å²) in [4.78, 5) is 25.7. The standard InChI is InChI=1S/C17H26N4O2/c1-11(2)15(22)21-7-6-17(9-21)10-23-8-13-12(3)18-16(20(4)5)19-14(13)17/h11H,6-10H2,1-5H3/t17-/m1/s1. The number of likely N-dealkylation sites (tertiary alicyclic amines) is 1. The van der Waals surface area contributed by atoms with Gasteiger partial charge in [0.25, 0.3) is 0 Å². The third-order valence-electron chi connectivity index (χ3n) is 4.89. The van der Waals surface area contributed by atoms with Crippen molar-refractivity contribution in [2.45, 2.75) is 39.2 Å². The molecule has 1 aromatic rings. The molecule has 0 N–H and O–H groups in total. The molecular formula is C17H26N4O2. The molecule has 1 fully saturated rings. The van der Waals surface area contributed by atoms with Crippen LogP contribution in [0.25, 0.3) is 0 Å². The van der Waals surface area contributed by atoms with Crippen LogP contribution in [-0.4, -0.2) is 54.6 Å². The van der Waals surface area contributed by atoms with E-state index in [4.69, 9.17) is 9.72 Å². The molecule has 1 aromatic heterocycles. The van der Waals surface area contributed by atoms with E-state index in [0.29, 0.717) is 19.8 Å². The van der Waals surface area contributed by atoms with Gasteiger partial charge in [-0.05, 0) is 13.3 Å². The topological polar surface area (TPSA) is 58.6 Å². The van der Waals surface area contributed by atoms with Crippen molar-refractivity contribution in [3.8, 4) is 0 Å². The number of rotatable bonds is 2. The molecule has 1 atom stereocenters. The monoisotopic (exact) mass is 318 g/mol. The van der Waals surface area contributed by atoms with Crippen molar-refractivity contribution in [3.05, 3.63) is 17.0 Å². The number of ether oxygens (including phenoxy) is 1. The highest BCUT2D eigenvalue weighted by Crippen LogP contribution is 2.40. The van der Waals surface area contributed by atoms with Crippen LogP contribution in [0.3, 0.4) is 0 Å². The summed E-state index contributed by atoms with van der Waals surface area (Å²) < 4.78 is 5.87. The van der Waals surface area contributed by atoms with Gasteiger partial charge in [0.05, 0.1) is 24.3 Å². The lowest BCUT2D eigenvalue weighted by Crippen LogP contribution is -2.43. The van der Waals surface area contributed by atoms with E-state index in [1.165, 1.54) is 0 Å². The molecule has 1 amide bonds. The molecule has 6 heteroatoms. The van der Waals surface area contributed by atoms with E-state index in [9.17, 15) is 4.79 Å². The lowest BCUT2D eigenvalue weighted by Gasteiger charge is -2.35. The number of fused-ring (bicyclic) bond motifs is 2. The van der Waals surface area contributed by atoms with Crippen LogP contribution in [-0.2, 0) is 21.6 Å². The second kappa shape index (κ2) is 5.74. The number of amides is 1. The summed E-state index contributed by atoms with van der Waals surface area (Å²) in [6.07, 6.45) is 0.905. The van der Waals surface area contributed by atoms with Crippen molar-refractivity contribution in [1.29, 1.82) is 0 Å². The molecule has 1 saturated heterocycles. The quantitative estimate of drug-likeness (QED) is 0.827. The summed E-state index contributed by atoms with van der Waals surface area (Å²) in [5.41, 5.74) is 2.97. The van der Waals surface area contributed by atoms with E-state index in [0.717, 1.165) is 35.9 Å². The maximum absolute atomic E-state index is 12.4. The Morgan fingerprint density at radius 2 is 2.09 bits per heavy atom. The van der Waals surface area contributed by atoms with Crippen molar-refractivity contribution < 1.29 is 9.53 Å². The molecule has 2 aliphatic rings. The van der Waals surface area contributed by atoms with Gasteiger partial charge >= 0.3 is 0 Å². The van der Waals surface area contributed by atoms with Gasteiger partial charge in [0, 0.05) is 44.4 Å². The van der Waals surface area contributed by atoms with Crippen LogP contribution in [0.5, 0.6) is 0 Å². The molecule has 0 bridgehead atoms. The van der Waals surface area contributed by atoms with Gasteiger partial charge in [-0.1, -0.05) is 13.8 Å². The average Bonchev–Trinajstić information content (AvgIpc) is 2.92. The number of aryl methyl sites for hydroxylation is 1. The predicted molar refractivity (Wildman–Crippen MR) is 88.5 cm³/mol. The fraction of sp³-hybridized carbons (Fsp3) is 0.706. The van der Waals surface area contributed by atoms with Gasteiger partial charge in [-0.25, -0.2) is 9.97 Å². The van der Waals surface area contributed by atoms with Crippen LogP contribution in [0.4, 0.5) is 5.95 Å². The Balaban J connectivity index is 2.00. The molecule has 23 heavy (non-hydrogen) atoms. The van der Waals surface area contributed by atoms with E-state index in [1.807, 2.05) is 44.7 Å². The third kappa shape index (κ3) is 2.69. The fourth-order valence-electron chi connectivity index (χ4n) is 3.55. The van der Waals surface area contributed by atoms with Crippen molar-refractivity contribution in [1.82, 2.24) is 14.9 Å². The Labute approximate surface area is 137 Å². The first-order valence-corrected chi connectivity index (χ1v) is 8.26. The SMILES string of the molecule is Cc1nc(N(C)C)nc2c1COC[C@]21CCN(C(=O)C(C)C)C1. The van der Waals surface area contributed by atoms with Gasteiger partial charge < -0.3 is 14.5 Å². The largest absolute Gasteiger partial charge is 0.376 e. The molecule has 2 aliphatic heterocycles. The normalized spacial score (nSPS) is 23.5. The molecule has 126 valence electrons. The molecule has 3 rings (SSSR count). The van der Waals surface area contributed by atoms with Gasteiger partial charge in [0.1, 0.15) is 0 Å². The summed E-state index contributed by atoms with van der Waals surface area (Å²) in [6, 6.07) is 0. The molecule has 0 radical (unpaired) electrons. The Bertz CT molecular complexity index is 629. The third-order valence-corrected chi connectivity index (χ3v) is 4.89. The maximum atomic E-state index is 12.4. The van der Waals surface area contributed by atoms with E-state index >= 15 is 0 Å². The van der Waals surface area contributed by atoms with Crippen molar-refractivity contribution in [3.63, 3.8) is 0 Å². The molecule has 0 aliphatic carbocycles. The predicted octanol–water partition coefficient (Wildman–Crippen LogP) is 1.51. The van der Waals surface area contributed by atoms with E-state index < -0.39 is 0 Å². The van der Waals surface area contributed by atoms with Gasteiger partial charge in [-0.3, -0.25) is 4.79 Å². The first-order valence-electron chi connectivity index (χ1n) is 8.26. The Morgan fingerprint density at radius 1 is 1.35 bits per heavy atom. The minimum Gasteiger partial charge on any atom is -0.376 e. The highest BCUT2D eigenvalue weighted by atomic mass is 16.5. The van der Waals surface area contributed by atoms with Crippen molar-refractivity contribution in [2.24, 2.45) is 5.92 Å². The lowest BCUT2D eigenvalue weighted by atomic mass is 9.80. The highest BCUT2D eigenvalue weighted by Gasteiger charge is 2.47. The number of hydrogen-bond donors (Lipinski definition) is 0. The maximum Gasteiger partial charge on any atom is 0.225 e. The summed E-state index contributed by atoms with van der Waals surface area (Å²) in [5.74, 6) is 0.974. The Morgan fingerprint density at radius 3 is 2.74 bits per heavy atom. The van der Waals surface area contributed by atoms with Crippen LogP contribution >= 0.6 is 0 Å². The highest BCUT2D eigenvalue weighted by molar-refractivity contribution is 5.78. The first kappa shape index (κ1) is 16.2. The molecule has 0 aromatic carbocycles.